The minimum Gasteiger partial charge on any atom is -0.395 e. The molecular formula is C12H18O6S2. The van der Waals surface area contributed by atoms with E-state index in [1.54, 1.807) is 24.3 Å². The van der Waals surface area contributed by atoms with Crippen LogP contribution in [-0.4, -0.2) is 51.8 Å². The Kier molecular flexibility index (Phi) is 6.12. The van der Waals surface area contributed by atoms with Gasteiger partial charge in [0.05, 0.1) is 36.2 Å². The van der Waals surface area contributed by atoms with E-state index in [4.69, 9.17) is 10.2 Å². The minimum atomic E-state index is -3.34. The molecule has 20 heavy (non-hydrogen) atoms. The van der Waals surface area contributed by atoms with Crippen molar-refractivity contribution in [3.63, 3.8) is 0 Å². The van der Waals surface area contributed by atoms with Crippen LogP contribution >= 0.6 is 0 Å². The second-order valence-corrected chi connectivity index (χ2v) is 8.82. The van der Waals surface area contributed by atoms with Gasteiger partial charge in [0.2, 0.25) is 0 Å². The summed E-state index contributed by atoms with van der Waals surface area (Å²) in [6.45, 7) is -0.834. The molecular weight excluding hydrogens is 304 g/mol. The molecule has 8 heteroatoms. The number of sulfone groups is 2. The van der Waals surface area contributed by atoms with E-state index in [-0.39, 0.29) is 23.0 Å². The van der Waals surface area contributed by atoms with Gasteiger partial charge in [-0.1, -0.05) is 24.3 Å². The molecule has 114 valence electrons. The summed E-state index contributed by atoms with van der Waals surface area (Å²) in [6.07, 6.45) is 0. The fraction of sp³-hybridized carbons (Fsp3) is 0.500. The predicted octanol–water partition coefficient (Wildman–Crippen LogP) is -0.499. The standard InChI is InChI=1S/C12H18O6S2/c13-5-7-19(15,16)9-11-1-2-12(4-3-11)10-20(17,18)8-6-14/h1-4,13-14H,5-10H2. The van der Waals surface area contributed by atoms with Crippen LogP contribution in [0.15, 0.2) is 24.3 Å². The van der Waals surface area contributed by atoms with Crippen LogP contribution in [0.3, 0.4) is 0 Å². The molecule has 0 amide bonds. The zero-order chi connectivity index (χ0) is 15.2. The van der Waals surface area contributed by atoms with Gasteiger partial charge in [0.15, 0.2) is 19.7 Å². The summed E-state index contributed by atoms with van der Waals surface area (Å²) in [4.78, 5) is 0. The lowest BCUT2D eigenvalue weighted by Crippen LogP contribution is -2.13. The maximum atomic E-state index is 11.5. The van der Waals surface area contributed by atoms with Crippen molar-refractivity contribution in [1.82, 2.24) is 0 Å². The van der Waals surface area contributed by atoms with Crippen molar-refractivity contribution in [2.24, 2.45) is 0 Å². The summed E-state index contributed by atoms with van der Waals surface area (Å²) in [5, 5.41) is 17.3. The van der Waals surface area contributed by atoms with E-state index < -0.39 is 32.9 Å². The first-order chi connectivity index (χ1) is 9.28. The minimum absolute atomic E-state index is 0.183. The van der Waals surface area contributed by atoms with E-state index in [1.807, 2.05) is 0 Å². The van der Waals surface area contributed by atoms with Gasteiger partial charge >= 0.3 is 0 Å². The smallest absolute Gasteiger partial charge is 0.156 e. The summed E-state index contributed by atoms with van der Waals surface area (Å²) in [7, 11) is -6.69. The Morgan fingerprint density at radius 1 is 0.700 bits per heavy atom. The lowest BCUT2D eigenvalue weighted by atomic mass is 10.2. The zero-order valence-electron chi connectivity index (χ0n) is 10.9. The quantitative estimate of drug-likeness (QED) is 0.668. The summed E-state index contributed by atoms with van der Waals surface area (Å²) >= 11 is 0. The summed E-state index contributed by atoms with van der Waals surface area (Å²) in [6, 6.07) is 6.22. The predicted molar refractivity (Wildman–Crippen MR) is 75.6 cm³/mol. The zero-order valence-corrected chi connectivity index (χ0v) is 12.5. The molecule has 0 aliphatic carbocycles. The van der Waals surface area contributed by atoms with Crippen molar-refractivity contribution in [3.05, 3.63) is 35.4 Å². The molecule has 1 aromatic carbocycles. The molecule has 0 aliphatic rings. The Labute approximate surface area is 118 Å². The van der Waals surface area contributed by atoms with Crippen molar-refractivity contribution in [3.8, 4) is 0 Å². The van der Waals surface area contributed by atoms with Crippen LogP contribution in [-0.2, 0) is 31.2 Å². The normalized spacial score (nSPS) is 12.5. The first kappa shape index (κ1) is 17.1. The maximum absolute atomic E-state index is 11.5. The van der Waals surface area contributed by atoms with Gasteiger partial charge in [-0.3, -0.25) is 0 Å². The molecule has 0 spiro atoms. The summed E-state index contributed by atoms with van der Waals surface area (Å²) < 4.78 is 46.1. The highest BCUT2D eigenvalue weighted by molar-refractivity contribution is 7.90. The van der Waals surface area contributed by atoms with E-state index in [0.29, 0.717) is 11.1 Å². The Morgan fingerprint density at radius 3 is 1.25 bits per heavy atom. The lowest BCUT2D eigenvalue weighted by molar-refractivity contribution is 0.319. The molecule has 0 saturated carbocycles. The van der Waals surface area contributed by atoms with E-state index in [9.17, 15) is 16.8 Å². The number of benzene rings is 1. The molecule has 6 nitrogen and oxygen atoms in total. The van der Waals surface area contributed by atoms with Gasteiger partial charge in [-0.2, -0.15) is 0 Å². The topological polar surface area (TPSA) is 109 Å². The third kappa shape index (κ3) is 6.00. The van der Waals surface area contributed by atoms with Gasteiger partial charge < -0.3 is 10.2 Å². The molecule has 0 bridgehead atoms. The summed E-state index contributed by atoms with van der Waals surface area (Å²) in [5.74, 6) is -0.951. The first-order valence-corrected chi connectivity index (χ1v) is 9.63. The summed E-state index contributed by atoms with van der Waals surface area (Å²) in [5.41, 5.74) is 1.09. The molecule has 1 rings (SSSR count). The molecule has 0 aromatic heterocycles. The fourth-order valence-corrected chi connectivity index (χ4v) is 3.91. The van der Waals surface area contributed by atoms with E-state index in [0.717, 1.165) is 0 Å². The highest BCUT2D eigenvalue weighted by atomic mass is 32.2. The number of hydrogen-bond donors (Lipinski definition) is 2. The largest absolute Gasteiger partial charge is 0.395 e. The number of hydrogen-bond acceptors (Lipinski definition) is 6. The number of aliphatic hydroxyl groups is 2. The van der Waals surface area contributed by atoms with Crippen molar-refractivity contribution in [1.29, 1.82) is 0 Å². The van der Waals surface area contributed by atoms with Crippen LogP contribution in [0.25, 0.3) is 0 Å². The van der Waals surface area contributed by atoms with Crippen LogP contribution in [0.2, 0.25) is 0 Å². The van der Waals surface area contributed by atoms with Crippen molar-refractivity contribution >= 4 is 19.7 Å². The molecule has 0 radical (unpaired) electrons. The highest BCUT2D eigenvalue weighted by Crippen LogP contribution is 2.11. The van der Waals surface area contributed by atoms with Gasteiger partial charge in [-0.15, -0.1) is 0 Å². The third-order valence-electron chi connectivity index (χ3n) is 2.60. The van der Waals surface area contributed by atoms with Crippen LogP contribution in [0.4, 0.5) is 0 Å². The molecule has 0 saturated heterocycles. The van der Waals surface area contributed by atoms with Gasteiger partial charge in [0.25, 0.3) is 0 Å². The SMILES string of the molecule is O=S(=O)(CCO)Cc1ccc(CS(=O)(=O)CCO)cc1. The monoisotopic (exact) mass is 322 g/mol. The first-order valence-electron chi connectivity index (χ1n) is 5.98. The number of aliphatic hydroxyl groups excluding tert-OH is 2. The Bertz CT molecular complexity index is 559. The Balaban J connectivity index is 2.75. The van der Waals surface area contributed by atoms with E-state index >= 15 is 0 Å². The van der Waals surface area contributed by atoms with Crippen LogP contribution in [0, 0.1) is 0 Å². The average Bonchev–Trinajstić information content (AvgIpc) is 2.30. The Hall–Kier alpha value is -0.960. The van der Waals surface area contributed by atoms with Crippen LogP contribution in [0.1, 0.15) is 11.1 Å². The molecule has 2 N–H and O–H groups in total. The lowest BCUT2D eigenvalue weighted by Gasteiger charge is -2.06. The Morgan fingerprint density at radius 2 is 1.00 bits per heavy atom. The van der Waals surface area contributed by atoms with Gasteiger partial charge in [-0.25, -0.2) is 16.8 Å². The van der Waals surface area contributed by atoms with Crippen LogP contribution < -0.4 is 0 Å². The second kappa shape index (κ2) is 7.16. The molecule has 0 heterocycles. The van der Waals surface area contributed by atoms with Crippen molar-refractivity contribution < 1.29 is 27.0 Å². The van der Waals surface area contributed by atoms with Crippen LogP contribution in [0.5, 0.6) is 0 Å². The molecule has 0 fully saturated rings. The number of rotatable bonds is 8. The van der Waals surface area contributed by atoms with E-state index in [2.05, 4.69) is 0 Å². The van der Waals surface area contributed by atoms with Gasteiger partial charge in [0.1, 0.15) is 0 Å². The van der Waals surface area contributed by atoms with Gasteiger partial charge in [-0.05, 0) is 11.1 Å². The fourth-order valence-electron chi connectivity index (χ4n) is 1.66. The van der Waals surface area contributed by atoms with Gasteiger partial charge in [0, 0.05) is 0 Å². The second-order valence-electron chi connectivity index (χ2n) is 4.45. The third-order valence-corrected chi connectivity index (χ3v) is 5.76. The highest BCUT2D eigenvalue weighted by Gasteiger charge is 2.13. The van der Waals surface area contributed by atoms with E-state index in [1.165, 1.54) is 0 Å². The molecule has 1 aromatic rings. The molecule has 0 aliphatic heterocycles. The average molecular weight is 322 g/mol. The molecule has 0 atom stereocenters. The van der Waals surface area contributed by atoms with Crippen molar-refractivity contribution in [2.75, 3.05) is 24.7 Å². The van der Waals surface area contributed by atoms with Crippen molar-refractivity contribution in [2.45, 2.75) is 11.5 Å². The molecule has 0 unspecified atom stereocenters. The maximum Gasteiger partial charge on any atom is 0.156 e.